The molecule has 3 aromatic rings. The van der Waals surface area contributed by atoms with Crippen molar-refractivity contribution in [2.75, 3.05) is 24.9 Å². The van der Waals surface area contributed by atoms with Gasteiger partial charge in [0.2, 0.25) is 5.95 Å². The van der Waals surface area contributed by atoms with E-state index in [1.54, 1.807) is 43.2 Å². The number of halogens is 2. The second kappa shape index (κ2) is 8.85. The number of hydrogen-bond donors (Lipinski definition) is 2. The molecule has 0 aliphatic rings. The number of hydrogen-bond acceptors (Lipinski definition) is 5. The van der Waals surface area contributed by atoms with Crippen molar-refractivity contribution in [1.82, 2.24) is 14.8 Å². The van der Waals surface area contributed by atoms with Gasteiger partial charge in [-0.2, -0.15) is 0 Å². The highest BCUT2D eigenvalue weighted by Gasteiger charge is 2.10. The van der Waals surface area contributed by atoms with E-state index in [2.05, 4.69) is 20.7 Å². The molecule has 1 aromatic heterocycles. The fraction of sp³-hybridized carbons (Fsp3) is 0.167. The van der Waals surface area contributed by atoms with Crippen molar-refractivity contribution >= 4 is 40.6 Å². The van der Waals surface area contributed by atoms with E-state index in [9.17, 15) is 4.39 Å². The number of nitrogens with zero attached hydrogens (tertiary/aromatic N) is 3. The van der Waals surface area contributed by atoms with Gasteiger partial charge in [0.1, 0.15) is 23.6 Å². The fourth-order valence-electron chi connectivity index (χ4n) is 2.41. The van der Waals surface area contributed by atoms with Crippen LogP contribution in [0.4, 0.5) is 16.0 Å². The molecule has 0 saturated heterocycles. The van der Waals surface area contributed by atoms with Gasteiger partial charge >= 0.3 is 0 Å². The molecule has 10 heteroatoms. The molecule has 0 bridgehead atoms. The van der Waals surface area contributed by atoms with Crippen molar-refractivity contribution in [1.29, 1.82) is 0 Å². The molecule has 1 heterocycles. The van der Waals surface area contributed by atoms with Crippen LogP contribution >= 0.6 is 23.8 Å². The van der Waals surface area contributed by atoms with Crippen molar-refractivity contribution in [2.24, 2.45) is 0 Å². The Kier molecular flexibility index (Phi) is 6.27. The summed E-state index contributed by atoms with van der Waals surface area (Å²) in [5.74, 6) is 1.16. The van der Waals surface area contributed by atoms with Crippen molar-refractivity contribution in [3.05, 3.63) is 59.1 Å². The normalized spacial score (nSPS) is 10.4. The topological polar surface area (TPSA) is 73.2 Å². The lowest BCUT2D eigenvalue weighted by molar-refractivity contribution is 0.395. The summed E-state index contributed by atoms with van der Waals surface area (Å²) in [4.78, 5) is 4.16. The van der Waals surface area contributed by atoms with Crippen molar-refractivity contribution in [3.8, 4) is 11.5 Å². The van der Waals surface area contributed by atoms with Gasteiger partial charge in [-0.25, -0.2) is 14.1 Å². The second-order valence-corrected chi connectivity index (χ2v) is 6.46. The summed E-state index contributed by atoms with van der Waals surface area (Å²) >= 11 is 11.3. The summed E-state index contributed by atoms with van der Waals surface area (Å²) in [6, 6.07) is 9.52. The third-order valence-corrected chi connectivity index (χ3v) is 4.32. The zero-order chi connectivity index (χ0) is 20.1. The molecular weight excluding hydrogens is 405 g/mol. The van der Waals surface area contributed by atoms with Crippen LogP contribution in [0.5, 0.6) is 11.5 Å². The molecule has 0 spiro atoms. The Bertz CT molecular complexity index is 998. The molecule has 0 radical (unpaired) electrons. The molecule has 0 unspecified atom stereocenters. The molecular formula is C18H17ClFN5O2S. The van der Waals surface area contributed by atoms with Crippen LogP contribution < -0.4 is 20.1 Å². The van der Waals surface area contributed by atoms with Crippen LogP contribution in [0.15, 0.2) is 42.7 Å². The molecule has 2 N–H and O–H groups in total. The maximum atomic E-state index is 13.1. The quantitative estimate of drug-likeness (QED) is 0.584. The average molecular weight is 422 g/mol. The number of benzene rings is 2. The van der Waals surface area contributed by atoms with E-state index in [-0.39, 0.29) is 5.82 Å². The smallest absolute Gasteiger partial charge is 0.248 e. The van der Waals surface area contributed by atoms with Gasteiger partial charge in [0.25, 0.3) is 0 Å². The number of methoxy groups -OCH3 is 2. The first-order valence-electron chi connectivity index (χ1n) is 8.12. The first kappa shape index (κ1) is 19.8. The molecule has 2 aromatic carbocycles. The summed E-state index contributed by atoms with van der Waals surface area (Å²) in [5.41, 5.74) is 1.39. The summed E-state index contributed by atoms with van der Waals surface area (Å²) in [7, 11) is 3.13. The molecule has 0 aliphatic carbocycles. The highest BCUT2D eigenvalue weighted by Crippen LogP contribution is 2.29. The Morgan fingerprint density at radius 3 is 2.71 bits per heavy atom. The number of ether oxygens (including phenoxy) is 2. The van der Waals surface area contributed by atoms with Crippen molar-refractivity contribution in [2.45, 2.75) is 6.54 Å². The van der Waals surface area contributed by atoms with Crippen LogP contribution in [0.25, 0.3) is 0 Å². The highest BCUT2D eigenvalue weighted by atomic mass is 35.5. The van der Waals surface area contributed by atoms with Gasteiger partial charge < -0.3 is 14.8 Å². The van der Waals surface area contributed by atoms with E-state index in [0.717, 1.165) is 5.56 Å². The average Bonchev–Trinajstić information content (AvgIpc) is 3.11. The minimum atomic E-state index is -0.389. The van der Waals surface area contributed by atoms with E-state index >= 15 is 0 Å². The Labute approximate surface area is 171 Å². The van der Waals surface area contributed by atoms with E-state index in [4.69, 9.17) is 33.3 Å². The Morgan fingerprint density at radius 1 is 1.18 bits per heavy atom. The van der Waals surface area contributed by atoms with E-state index in [1.165, 1.54) is 18.5 Å². The van der Waals surface area contributed by atoms with Crippen LogP contribution in [0, 0.1) is 5.82 Å². The Balaban J connectivity index is 1.64. The van der Waals surface area contributed by atoms with Crippen molar-refractivity contribution < 1.29 is 13.9 Å². The second-order valence-electron chi connectivity index (χ2n) is 5.65. The monoisotopic (exact) mass is 421 g/mol. The molecule has 0 aliphatic heterocycles. The number of nitrogens with one attached hydrogen (secondary N) is 2. The summed E-state index contributed by atoms with van der Waals surface area (Å²) in [5, 5.41) is 10.8. The molecule has 0 fully saturated rings. The summed E-state index contributed by atoms with van der Waals surface area (Å²) in [6.45, 7) is 0.348. The number of aromatic nitrogens is 3. The Hall–Kier alpha value is -2.91. The van der Waals surface area contributed by atoms with Crippen LogP contribution in [0.2, 0.25) is 5.02 Å². The van der Waals surface area contributed by atoms with Gasteiger partial charge in [0.15, 0.2) is 5.11 Å². The number of rotatable bonds is 6. The van der Waals surface area contributed by atoms with Crippen LogP contribution in [-0.2, 0) is 6.54 Å². The number of anilines is 2. The largest absolute Gasteiger partial charge is 0.497 e. The predicted octanol–water partition coefficient (Wildman–Crippen LogP) is 3.95. The Morgan fingerprint density at radius 2 is 2.00 bits per heavy atom. The van der Waals surface area contributed by atoms with Crippen LogP contribution in [0.3, 0.4) is 0 Å². The first-order valence-corrected chi connectivity index (χ1v) is 8.90. The van der Waals surface area contributed by atoms with Gasteiger partial charge in [0, 0.05) is 11.1 Å². The predicted molar refractivity (Wildman–Crippen MR) is 110 cm³/mol. The maximum Gasteiger partial charge on any atom is 0.248 e. The summed E-state index contributed by atoms with van der Waals surface area (Å²) < 4.78 is 25.2. The minimum absolute atomic E-state index is 0.293. The van der Waals surface area contributed by atoms with E-state index in [0.29, 0.717) is 39.8 Å². The molecule has 3 rings (SSSR count). The minimum Gasteiger partial charge on any atom is -0.497 e. The molecule has 146 valence electrons. The van der Waals surface area contributed by atoms with Gasteiger partial charge in [-0.1, -0.05) is 17.7 Å². The highest BCUT2D eigenvalue weighted by molar-refractivity contribution is 7.80. The molecule has 7 nitrogen and oxygen atoms in total. The van der Waals surface area contributed by atoms with Crippen molar-refractivity contribution in [3.63, 3.8) is 0 Å². The van der Waals surface area contributed by atoms with Crippen LogP contribution in [0.1, 0.15) is 5.56 Å². The fourth-order valence-corrected chi connectivity index (χ4v) is 2.84. The molecule has 0 amide bonds. The first-order chi connectivity index (χ1) is 13.5. The van der Waals surface area contributed by atoms with Gasteiger partial charge in [-0.3, -0.25) is 5.32 Å². The zero-order valence-electron chi connectivity index (χ0n) is 15.1. The lowest BCUT2D eigenvalue weighted by Gasteiger charge is -2.13. The lowest BCUT2D eigenvalue weighted by atomic mass is 10.2. The van der Waals surface area contributed by atoms with Gasteiger partial charge in [0.05, 0.1) is 26.5 Å². The number of thiocarbonyl (C=S) groups is 1. The lowest BCUT2D eigenvalue weighted by Crippen LogP contribution is -2.20. The zero-order valence-corrected chi connectivity index (χ0v) is 16.6. The molecule has 28 heavy (non-hydrogen) atoms. The van der Waals surface area contributed by atoms with Crippen LogP contribution in [-0.4, -0.2) is 34.1 Å². The molecule has 0 saturated carbocycles. The third kappa shape index (κ3) is 4.87. The SMILES string of the molecule is COc1ccc(NC(=S)Nc2ncn(Cc3ccc(F)cc3Cl)n2)c(OC)c1. The van der Waals surface area contributed by atoms with Gasteiger partial charge in [-0.15, -0.1) is 5.10 Å². The molecule has 0 atom stereocenters. The van der Waals surface area contributed by atoms with E-state index < -0.39 is 0 Å². The van der Waals surface area contributed by atoms with Gasteiger partial charge in [-0.05, 0) is 42.0 Å². The standard InChI is InChI=1S/C18H17ClFN5O2S/c1-26-13-5-6-15(16(8-13)27-2)22-18(28)23-17-21-10-25(24-17)9-11-3-4-12(20)7-14(11)19/h3-8,10H,9H2,1-2H3,(H2,22,23,24,28). The summed E-state index contributed by atoms with van der Waals surface area (Å²) in [6.07, 6.45) is 1.53. The van der Waals surface area contributed by atoms with E-state index in [1.807, 2.05) is 0 Å². The maximum absolute atomic E-state index is 13.1. The third-order valence-electron chi connectivity index (χ3n) is 3.77.